The van der Waals surface area contributed by atoms with Crippen molar-refractivity contribution in [2.24, 2.45) is 0 Å². The highest BCUT2D eigenvalue weighted by atomic mass is 15.1. The lowest BCUT2D eigenvalue weighted by molar-refractivity contribution is 1.30. The minimum absolute atomic E-state index is 1.09. The topological polar surface area (TPSA) is 6.48 Å². The lowest BCUT2D eigenvalue weighted by atomic mass is 9.86. The van der Waals surface area contributed by atoms with Gasteiger partial charge in [0.2, 0.25) is 0 Å². The molecule has 0 saturated carbocycles. The normalized spacial score (nSPS) is 11.6. The molecule has 0 N–H and O–H groups in total. The summed E-state index contributed by atoms with van der Waals surface area (Å²) in [4.78, 5) is 4.78. The Morgan fingerprint density at radius 3 is 0.803 bits per heavy atom. The third-order valence-electron chi connectivity index (χ3n) is 14.6. The van der Waals surface area contributed by atoms with Crippen LogP contribution in [0.4, 0.5) is 34.1 Å². The van der Waals surface area contributed by atoms with Crippen molar-refractivity contribution in [2.45, 2.75) is 0 Å². The van der Waals surface area contributed by atoms with Crippen molar-refractivity contribution in [3.63, 3.8) is 0 Å². The molecule has 0 bridgehead atoms. The van der Waals surface area contributed by atoms with Gasteiger partial charge in [0.25, 0.3) is 0 Å². The Balaban J connectivity index is 0.881. The molecule has 2 heteroatoms. The van der Waals surface area contributed by atoms with E-state index in [1.165, 1.54) is 76.5 Å². The lowest BCUT2D eigenvalue weighted by Crippen LogP contribution is -2.10. The molecule has 0 aliphatic carbocycles. The first-order valence-corrected chi connectivity index (χ1v) is 26.1. The average molecular weight is 969 g/mol. The Bertz CT molecular complexity index is 3890. The molecule has 13 aromatic carbocycles. The Kier molecular flexibility index (Phi) is 12.3. The van der Waals surface area contributed by atoms with E-state index < -0.39 is 0 Å². The van der Waals surface area contributed by atoms with Gasteiger partial charge in [-0.3, -0.25) is 0 Å². The quantitative estimate of drug-likeness (QED) is 0.0889. The highest BCUT2D eigenvalue weighted by molar-refractivity contribution is 6.21. The van der Waals surface area contributed by atoms with Gasteiger partial charge in [-0.1, -0.05) is 255 Å². The highest BCUT2D eigenvalue weighted by Crippen LogP contribution is 2.47. The fourth-order valence-electron chi connectivity index (χ4n) is 10.9. The Hall–Kier alpha value is -10.0. The molecule has 13 aromatic rings. The number of fused-ring (bicyclic) bond motifs is 4. The summed E-state index contributed by atoms with van der Waals surface area (Å²) in [5, 5.41) is 9.69. The number of hydrogen-bond donors (Lipinski definition) is 0. The molecule has 0 fully saturated rings. The van der Waals surface area contributed by atoms with Gasteiger partial charge in [0.1, 0.15) is 0 Å². The van der Waals surface area contributed by atoms with Gasteiger partial charge in [0, 0.05) is 33.5 Å². The zero-order chi connectivity index (χ0) is 50.6. The van der Waals surface area contributed by atoms with Crippen LogP contribution in [0.5, 0.6) is 0 Å². The first kappa shape index (κ1) is 45.8. The number of anilines is 6. The first-order valence-electron chi connectivity index (χ1n) is 26.1. The van der Waals surface area contributed by atoms with E-state index in [0.29, 0.717) is 0 Å². The van der Waals surface area contributed by atoms with Crippen molar-refractivity contribution in [3.05, 3.63) is 313 Å². The average Bonchev–Trinajstić information content (AvgIpc) is 3.53. The van der Waals surface area contributed by atoms with Crippen LogP contribution in [0.2, 0.25) is 0 Å². The van der Waals surface area contributed by atoms with Gasteiger partial charge in [0.05, 0.1) is 11.4 Å². The third kappa shape index (κ3) is 8.99. The molecular formula is C74H52N2. The standard InChI is InChI=1S/C74H52N2/c1-3-17-53(18-4-1)33-35-55-37-45-61(46-38-55)75(71-31-15-23-57-21-7-9-25-65(57)71)63-49-41-59(42-50-63)73-67-27-11-13-29-69(67)74(70-30-14-12-28-68(70)73)60-43-51-64(52-44-60)76(72-32-16-24-58-22-8-10-26-66(58)72)62-47-39-56(40-48-62)36-34-54-19-5-2-6-20-54/h1-52H. The zero-order valence-electron chi connectivity index (χ0n) is 41.9. The molecule has 0 heterocycles. The maximum absolute atomic E-state index is 2.39. The van der Waals surface area contributed by atoms with E-state index in [9.17, 15) is 0 Å². The molecule has 13 rings (SSSR count). The number of nitrogens with zero attached hydrogens (tertiary/aromatic N) is 2. The Labute approximate surface area is 444 Å². The van der Waals surface area contributed by atoms with E-state index in [-0.39, 0.29) is 0 Å². The second-order valence-corrected chi connectivity index (χ2v) is 19.3. The fourth-order valence-corrected chi connectivity index (χ4v) is 10.9. The van der Waals surface area contributed by atoms with Gasteiger partial charge in [-0.25, -0.2) is 0 Å². The smallest absolute Gasteiger partial charge is 0.0540 e. The molecule has 2 nitrogen and oxygen atoms in total. The molecule has 0 aliphatic heterocycles. The van der Waals surface area contributed by atoms with E-state index in [2.05, 4.69) is 325 Å². The first-order chi connectivity index (χ1) is 37.7. The van der Waals surface area contributed by atoms with E-state index in [1.807, 2.05) is 0 Å². The summed E-state index contributed by atoms with van der Waals surface area (Å²) in [6, 6.07) is 105. The molecule has 0 aliphatic rings. The molecule has 0 saturated heterocycles. The van der Waals surface area contributed by atoms with Crippen LogP contribution >= 0.6 is 0 Å². The number of benzene rings is 13. The SMILES string of the molecule is C(=Cc1ccc(N(c2ccc(-c3c4ccccc4c(-c4ccc(N(c5ccc(C=Cc6ccccc6)cc5)c5cccc6ccccc56)cc4)c4ccccc34)cc2)c2cccc3ccccc23)cc1)c1ccccc1. The van der Waals surface area contributed by atoms with Crippen molar-refractivity contribution >= 4 is 102 Å². The predicted octanol–water partition coefficient (Wildman–Crippen LogP) is 20.9. The Morgan fingerprint density at radius 1 is 0.197 bits per heavy atom. The van der Waals surface area contributed by atoms with Crippen LogP contribution in [0.15, 0.2) is 291 Å². The van der Waals surface area contributed by atoms with Crippen molar-refractivity contribution in [2.75, 3.05) is 9.80 Å². The van der Waals surface area contributed by atoms with Crippen LogP contribution in [-0.2, 0) is 0 Å². The van der Waals surface area contributed by atoms with Crippen molar-refractivity contribution < 1.29 is 0 Å². The van der Waals surface area contributed by atoms with Gasteiger partial charge in [-0.05, 0) is 137 Å². The second kappa shape index (κ2) is 20.5. The molecule has 0 unspecified atom stereocenters. The molecule has 76 heavy (non-hydrogen) atoms. The molecule has 358 valence electrons. The van der Waals surface area contributed by atoms with E-state index in [1.54, 1.807) is 0 Å². The van der Waals surface area contributed by atoms with Gasteiger partial charge < -0.3 is 9.80 Å². The van der Waals surface area contributed by atoms with Crippen molar-refractivity contribution in [3.8, 4) is 22.3 Å². The molecule has 0 radical (unpaired) electrons. The highest BCUT2D eigenvalue weighted by Gasteiger charge is 2.21. The van der Waals surface area contributed by atoms with Crippen LogP contribution in [0.25, 0.3) is 89.6 Å². The maximum Gasteiger partial charge on any atom is 0.0540 e. The largest absolute Gasteiger partial charge is 0.310 e. The van der Waals surface area contributed by atoms with Crippen LogP contribution in [-0.4, -0.2) is 0 Å². The number of hydrogen-bond acceptors (Lipinski definition) is 2. The summed E-state index contributed by atoms with van der Waals surface area (Å²) in [6.07, 6.45) is 8.69. The fraction of sp³-hybridized carbons (Fsp3) is 0. The monoisotopic (exact) mass is 968 g/mol. The zero-order valence-corrected chi connectivity index (χ0v) is 41.9. The van der Waals surface area contributed by atoms with E-state index in [0.717, 1.165) is 45.3 Å². The molecule has 0 atom stereocenters. The van der Waals surface area contributed by atoms with Gasteiger partial charge in [-0.15, -0.1) is 0 Å². The minimum atomic E-state index is 1.09. The maximum atomic E-state index is 2.39. The summed E-state index contributed by atoms with van der Waals surface area (Å²) in [5.41, 5.74) is 16.1. The molecule has 0 amide bonds. The van der Waals surface area contributed by atoms with Crippen molar-refractivity contribution in [1.29, 1.82) is 0 Å². The summed E-state index contributed by atoms with van der Waals surface area (Å²) in [7, 11) is 0. The third-order valence-corrected chi connectivity index (χ3v) is 14.6. The Morgan fingerprint density at radius 2 is 0.461 bits per heavy atom. The van der Waals surface area contributed by atoms with Gasteiger partial charge >= 0.3 is 0 Å². The van der Waals surface area contributed by atoms with Crippen molar-refractivity contribution in [1.82, 2.24) is 0 Å². The molecular weight excluding hydrogens is 917 g/mol. The molecule has 0 aromatic heterocycles. The van der Waals surface area contributed by atoms with Crippen LogP contribution in [0.1, 0.15) is 22.3 Å². The van der Waals surface area contributed by atoms with Crippen LogP contribution < -0.4 is 9.80 Å². The number of rotatable bonds is 12. The predicted molar refractivity (Wildman–Crippen MR) is 327 cm³/mol. The minimum Gasteiger partial charge on any atom is -0.310 e. The summed E-state index contributed by atoms with van der Waals surface area (Å²) < 4.78 is 0. The summed E-state index contributed by atoms with van der Waals surface area (Å²) in [5.74, 6) is 0. The van der Waals surface area contributed by atoms with E-state index in [4.69, 9.17) is 0 Å². The van der Waals surface area contributed by atoms with E-state index >= 15 is 0 Å². The molecule has 0 spiro atoms. The summed E-state index contributed by atoms with van der Waals surface area (Å²) >= 11 is 0. The second-order valence-electron chi connectivity index (χ2n) is 19.3. The lowest BCUT2D eigenvalue weighted by Gasteiger charge is -2.27. The van der Waals surface area contributed by atoms with Crippen LogP contribution in [0.3, 0.4) is 0 Å². The van der Waals surface area contributed by atoms with Gasteiger partial charge in [-0.2, -0.15) is 0 Å². The van der Waals surface area contributed by atoms with Gasteiger partial charge in [0.15, 0.2) is 0 Å². The summed E-state index contributed by atoms with van der Waals surface area (Å²) in [6.45, 7) is 0. The van der Waals surface area contributed by atoms with Crippen LogP contribution in [0, 0.1) is 0 Å².